The molecule has 0 aliphatic rings. The Balaban J connectivity index is 2.85. The molecule has 2 unspecified atom stereocenters. The van der Waals surface area contributed by atoms with Gasteiger partial charge in [0.1, 0.15) is 6.10 Å². The molecule has 4 nitrogen and oxygen atoms in total. The minimum atomic E-state index is -0.974. The Morgan fingerprint density at radius 2 is 2.07 bits per heavy atom. The second-order valence-electron chi connectivity index (χ2n) is 4.56. The molecule has 0 aromatic carbocycles. The van der Waals surface area contributed by atoms with Gasteiger partial charge in [0.05, 0.1) is 23.7 Å². The van der Waals surface area contributed by atoms with Crippen molar-refractivity contribution in [1.82, 2.24) is 9.78 Å². The third-order valence-corrected chi connectivity index (χ3v) is 2.47. The van der Waals surface area contributed by atoms with Crippen LogP contribution >= 0.6 is 11.6 Å². The fourth-order valence-corrected chi connectivity index (χ4v) is 1.33. The Morgan fingerprint density at radius 3 is 2.47 bits per heavy atom. The molecule has 0 saturated heterocycles. The number of halogens is 1. The smallest absolute Gasteiger partial charge is 0.109 e. The van der Waals surface area contributed by atoms with E-state index in [1.807, 2.05) is 20.8 Å². The molecule has 86 valence electrons. The van der Waals surface area contributed by atoms with Crippen molar-refractivity contribution >= 4 is 11.6 Å². The van der Waals surface area contributed by atoms with Crippen LogP contribution in [-0.2, 0) is 5.54 Å². The SMILES string of the molecule is CC(C)(C)n1cc(C(O)C(O)CCl)cn1. The first-order valence-corrected chi connectivity index (χ1v) is 5.37. The molecule has 0 fully saturated rings. The highest BCUT2D eigenvalue weighted by Gasteiger charge is 2.21. The van der Waals surface area contributed by atoms with Crippen LogP contribution in [0.2, 0.25) is 0 Å². The first kappa shape index (κ1) is 12.5. The molecule has 2 N–H and O–H groups in total. The summed E-state index contributed by atoms with van der Waals surface area (Å²) in [5, 5.41) is 23.2. The molecule has 0 spiro atoms. The highest BCUT2D eigenvalue weighted by Crippen LogP contribution is 2.20. The van der Waals surface area contributed by atoms with E-state index in [2.05, 4.69) is 5.10 Å². The maximum absolute atomic E-state index is 9.68. The van der Waals surface area contributed by atoms with E-state index in [0.29, 0.717) is 5.56 Å². The van der Waals surface area contributed by atoms with Gasteiger partial charge in [-0.15, -0.1) is 11.6 Å². The second-order valence-corrected chi connectivity index (χ2v) is 4.86. The lowest BCUT2D eigenvalue weighted by Gasteiger charge is -2.19. The number of nitrogens with zero attached hydrogens (tertiary/aromatic N) is 2. The molecule has 15 heavy (non-hydrogen) atoms. The lowest BCUT2D eigenvalue weighted by molar-refractivity contribution is 0.0326. The van der Waals surface area contributed by atoms with Crippen molar-refractivity contribution in [3.8, 4) is 0 Å². The Kier molecular flexibility index (Phi) is 3.76. The highest BCUT2D eigenvalue weighted by atomic mass is 35.5. The molecule has 0 saturated carbocycles. The van der Waals surface area contributed by atoms with Crippen LogP contribution in [0.1, 0.15) is 32.4 Å². The largest absolute Gasteiger partial charge is 0.389 e. The Morgan fingerprint density at radius 1 is 1.47 bits per heavy atom. The minimum Gasteiger partial charge on any atom is -0.389 e. The minimum absolute atomic E-state index is 0.00185. The first-order valence-electron chi connectivity index (χ1n) is 4.83. The molecule has 1 rings (SSSR count). The molecule has 1 aromatic heterocycles. The van der Waals surface area contributed by atoms with Crippen LogP contribution < -0.4 is 0 Å². The van der Waals surface area contributed by atoms with E-state index in [9.17, 15) is 10.2 Å². The van der Waals surface area contributed by atoms with Crippen LogP contribution in [0.15, 0.2) is 12.4 Å². The van der Waals surface area contributed by atoms with Gasteiger partial charge < -0.3 is 10.2 Å². The Hall–Kier alpha value is -0.580. The zero-order valence-electron chi connectivity index (χ0n) is 9.18. The molecule has 0 radical (unpaired) electrons. The number of hydrogen-bond acceptors (Lipinski definition) is 3. The average molecular weight is 233 g/mol. The number of rotatable bonds is 3. The number of aliphatic hydroxyl groups excluding tert-OH is 2. The molecule has 0 amide bonds. The third-order valence-electron chi connectivity index (χ3n) is 2.15. The summed E-state index contributed by atoms with van der Waals surface area (Å²) in [7, 11) is 0. The maximum atomic E-state index is 9.68. The zero-order valence-corrected chi connectivity index (χ0v) is 9.94. The number of hydrogen-bond donors (Lipinski definition) is 2. The molecule has 2 atom stereocenters. The molecule has 1 heterocycles. The fraction of sp³-hybridized carbons (Fsp3) is 0.700. The molecule has 0 bridgehead atoms. The van der Waals surface area contributed by atoms with Gasteiger partial charge in [0.2, 0.25) is 0 Å². The monoisotopic (exact) mass is 232 g/mol. The molecule has 0 aliphatic heterocycles. The van der Waals surface area contributed by atoms with Gasteiger partial charge >= 0.3 is 0 Å². The molecular formula is C10H17ClN2O2. The number of alkyl halides is 1. The summed E-state index contributed by atoms with van der Waals surface area (Å²) >= 11 is 5.46. The predicted molar refractivity (Wildman–Crippen MR) is 58.9 cm³/mol. The predicted octanol–water partition coefficient (Wildman–Crippen LogP) is 1.27. The van der Waals surface area contributed by atoms with Gasteiger partial charge in [-0.25, -0.2) is 0 Å². The summed E-state index contributed by atoms with van der Waals surface area (Å²) in [6.07, 6.45) is 1.34. The number of aliphatic hydroxyl groups is 2. The van der Waals surface area contributed by atoms with E-state index >= 15 is 0 Å². The normalized spacial score (nSPS) is 16.4. The summed E-state index contributed by atoms with van der Waals surface area (Å²) in [5.41, 5.74) is 0.447. The van der Waals surface area contributed by atoms with E-state index in [1.54, 1.807) is 17.1 Å². The first-order chi connectivity index (χ1) is 6.86. The molecular weight excluding hydrogens is 216 g/mol. The van der Waals surface area contributed by atoms with Crippen molar-refractivity contribution in [2.24, 2.45) is 0 Å². The topological polar surface area (TPSA) is 58.3 Å². The van der Waals surface area contributed by atoms with E-state index in [0.717, 1.165) is 0 Å². The van der Waals surface area contributed by atoms with Crippen molar-refractivity contribution in [2.75, 3.05) is 5.88 Å². The summed E-state index contributed by atoms with van der Waals surface area (Å²) in [5.74, 6) is 0.00185. The van der Waals surface area contributed by atoms with Crippen LogP contribution in [-0.4, -0.2) is 32.0 Å². The Bertz CT molecular complexity index is 319. The highest BCUT2D eigenvalue weighted by molar-refractivity contribution is 6.18. The van der Waals surface area contributed by atoms with Crippen molar-refractivity contribution < 1.29 is 10.2 Å². The zero-order chi connectivity index (χ0) is 11.6. The van der Waals surface area contributed by atoms with Gasteiger partial charge in [-0.3, -0.25) is 4.68 Å². The lowest BCUT2D eigenvalue weighted by atomic mass is 10.1. The van der Waals surface area contributed by atoms with Gasteiger partial charge in [0.25, 0.3) is 0 Å². The van der Waals surface area contributed by atoms with E-state index in [-0.39, 0.29) is 11.4 Å². The van der Waals surface area contributed by atoms with Gasteiger partial charge in [0, 0.05) is 11.8 Å². The molecule has 5 heteroatoms. The van der Waals surface area contributed by atoms with Gasteiger partial charge in [-0.1, -0.05) is 0 Å². The van der Waals surface area contributed by atoms with E-state index in [1.165, 1.54) is 0 Å². The van der Waals surface area contributed by atoms with Crippen LogP contribution in [0.4, 0.5) is 0 Å². The van der Waals surface area contributed by atoms with Gasteiger partial charge in [0.15, 0.2) is 0 Å². The third kappa shape index (κ3) is 2.93. The summed E-state index contributed by atoms with van der Waals surface area (Å²) < 4.78 is 1.74. The van der Waals surface area contributed by atoms with Gasteiger partial charge in [-0.2, -0.15) is 5.10 Å². The van der Waals surface area contributed by atoms with Crippen LogP contribution in [0.25, 0.3) is 0 Å². The van der Waals surface area contributed by atoms with E-state index in [4.69, 9.17) is 11.6 Å². The van der Waals surface area contributed by atoms with Crippen LogP contribution in [0.3, 0.4) is 0 Å². The maximum Gasteiger partial charge on any atom is 0.109 e. The van der Waals surface area contributed by atoms with Crippen molar-refractivity contribution in [3.63, 3.8) is 0 Å². The van der Waals surface area contributed by atoms with Gasteiger partial charge in [-0.05, 0) is 20.8 Å². The van der Waals surface area contributed by atoms with Crippen LogP contribution in [0.5, 0.6) is 0 Å². The average Bonchev–Trinajstić information content (AvgIpc) is 2.63. The van der Waals surface area contributed by atoms with Crippen molar-refractivity contribution in [3.05, 3.63) is 18.0 Å². The molecule has 1 aromatic rings. The van der Waals surface area contributed by atoms with Crippen LogP contribution in [0, 0.1) is 0 Å². The molecule has 0 aliphatic carbocycles. The van der Waals surface area contributed by atoms with Crippen molar-refractivity contribution in [1.29, 1.82) is 0 Å². The quantitative estimate of drug-likeness (QED) is 0.772. The summed E-state index contributed by atoms with van der Waals surface area (Å²) in [6.45, 7) is 6.02. The Labute approximate surface area is 94.5 Å². The second kappa shape index (κ2) is 4.51. The number of aromatic nitrogens is 2. The van der Waals surface area contributed by atoms with E-state index < -0.39 is 12.2 Å². The summed E-state index contributed by atoms with van der Waals surface area (Å²) in [6, 6.07) is 0. The van der Waals surface area contributed by atoms with Crippen molar-refractivity contribution in [2.45, 2.75) is 38.5 Å². The summed E-state index contributed by atoms with van der Waals surface area (Å²) in [4.78, 5) is 0. The lowest BCUT2D eigenvalue weighted by Crippen LogP contribution is -2.22. The standard InChI is InChI=1S/C10H17ClN2O2/c1-10(2,3)13-6-7(5-12-13)9(15)8(14)4-11/h5-6,8-9,14-15H,4H2,1-3H3. The fourth-order valence-electron chi connectivity index (χ4n) is 1.16.